The molecule has 0 amide bonds. The number of methoxy groups -OCH3 is 1. The van der Waals surface area contributed by atoms with E-state index in [1.54, 1.807) is 0 Å². The van der Waals surface area contributed by atoms with Gasteiger partial charge in [-0.3, -0.25) is 0 Å². The molecular weight excluding hydrogens is 272 g/mol. The van der Waals surface area contributed by atoms with E-state index in [2.05, 4.69) is 36.4 Å². The molecule has 0 saturated carbocycles. The number of hydrogen-bond acceptors (Lipinski definition) is 2. The third-order valence-electron chi connectivity index (χ3n) is 4.45. The summed E-state index contributed by atoms with van der Waals surface area (Å²) >= 11 is 0. The minimum absolute atomic E-state index is 0.215. The van der Waals surface area contributed by atoms with Crippen LogP contribution in [0.1, 0.15) is 45.5 Å². The fraction of sp³-hybridized carbons (Fsp3) is 0.350. The summed E-state index contributed by atoms with van der Waals surface area (Å²) < 4.78 is 4.95. The molecular formula is C20H22O2. The molecule has 2 heteroatoms. The number of hydrogen-bond donors (Lipinski definition) is 0. The summed E-state index contributed by atoms with van der Waals surface area (Å²) in [5.74, 6) is -0.215. The van der Waals surface area contributed by atoms with E-state index in [4.69, 9.17) is 4.74 Å². The minimum Gasteiger partial charge on any atom is -0.465 e. The van der Waals surface area contributed by atoms with Crippen LogP contribution in [0.2, 0.25) is 0 Å². The van der Waals surface area contributed by atoms with Gasteiger partial charge in [-0.05, 0) is 66.8 Å². The Hall–Kier alpha value is -2.09. The Labute approximate surface area is 132 Å². The van der Waals surface area contributed by atoms with Crippen LogP contribution >= 0.6 is 0 Å². The first-order chi connectivity index (χ1) is 10.8. The first-order valence-corrected chi connectivity index (χ1v) is 8.04. The molecule has 4 bridgehead atoms. The van der Waals surface area contributed by atoms with Crippen LogP contribution in [0.4, 0.5) is 0 Å². The second-order valence-electron chi connectivity index (χ2n) is 6.01. The number of benzene rings is 2. The van der Waals surface area contributed by atoms with Crippen molar-refractivity contribution in [1.29, 1.82) is 0 Å². The molecule has 0 aliphatic heterocycles. The van der Waals surface area contributed by atoms with Crippen molar-refractivity contribution in [1.82, 2.24) is 0 Å². The zero-order valence-electron chi connectivity index (χ0n) is 13.1. The van der Waals surface area contributed by atoms with Crippen LogP contribution in [0.5, 0.6) is 0 Å². The van der Waals surface area contributed by atoms with E-state index < -0.39 is 0 Å². The molecule has 0 atom stereocenters. The summed E-state index contributed by atoms with van der Waals surface area (Å²) in [6.45, 7) is 0. The monoisotopic (exact) mass is 294 g/mol. The van der Waals surface area contributed by atoms with Crippen LogP contribution < -0.4 is 0 Å². The summed E-state index contributed by atoms with van der Waals surface area (Å²) in [6, 6.07) is 15.3. The second kappa shape index (κ2) is 6.78. The molecule has 2 nitrogen and oxygen atoms in total. The van der Waals surface area contributed by atoms with Crippen molar-refractivity contribution in [2.75, 3.05) is 7.11 Å². The molecule has 2 aromatic carbocycles. The average molecular weight is 294 g/mol. The van der Waals surface area contributed by atoms with Gasteiger partial charge in [-0.25, -0.2) is 4.79 Å². The van der Waals surface area contributed by atoms with Crippen LogP contribution in [0.15, 0.2) is 42.5 Å². The van der Waals surface area contributed by atoms with Crippen molar-refractivity contribution in [3.8, 4) is 0 Å². The second-order valence-corrected chi connectivity index (χ2v) is 6.01. The van der Waals surface area contributed by atoms with Crippen molar-refractivity contribution >= 4 is 5.97 Å². The van der Waals surface area contributed by atoms with Crippen molar-refractivity contribution in [2.45, 2.75) is 38.5 Å². The third-order valence-corrected chi connectivity index (χ3v) is 4.45. The Balaban J connectivity index is 1.90. The van der Waals surface area contributed by atoms with Gasteiger partial charge in [0.25, 0.3) is 0 Å². The van der Waals surface area contributed by atoms with Crippen molar-refractivity contribution in [3.63, 3.8) is 0 Å². The summed E-state index contributed by atoms with van der Waals surface area (Å²) in [6.07, 6.45) is 6.17. The number of aryl methyl sites for hydroxylation is 4. The van der Waals surface area contributed by atoms with Gasteiger partial charge in [-0.2, -0.15) is 0 Å². The Morgan fingerprint density at radius 3 is 2.00 bits per heavy atom. The van der Waals surface area contributed by atoms with E-state index in [0.717, 1.165) is 49.7 Å². The van der Waals surface area contributed by atoms with Gasteiger partial charge in [0.05, 0.1) is 12.7 Å². The molecule has 0 saturated heterocycles. The molecule has 6 rings (SSSR count). The molecule has 4 aliphatic rings. The third kappa shape index (κ3) is 3.38. The van der Waals surface area contributed by atoms with Crippen LogP contribution in [0.3, 0.4) is 0 Å². The van der Waals surface area contributed by atoms with Gasteiger partial charge in [0.1, 0.15) is 0 Å². The molecule has 0 heterocycles. The van der Waals surface area contributed by atoms with Crippen molar-refractivity contribution < 1.29 is 9.53 Å². The Kier molecular flexibility index (Phi) is 4.57. The fourth-order valence-corrected chi connectivity index (χ4v) is 3.15. The van der Waals surface area contributed by atoms with E-state index in [0.29, 0.717) is 0 Å². The zero-order valence-corrected chi connectivity index (χ0v) is 13.1. The molecule has 0 radical (unpaired) electrons. The van der Waals surface area contributed by atoms with E-state index in [1.807, 2.05) is 6.07 Å². The summed E-state index contributed by atoms with van der Waals surface area (Å²) in [7, 11) is 1.46. The summed E-state index contributed by atoms with van der Waals surface area (Å²) in [5, 5.41) is 0. The molecule has 0 unspecified atom stereocenters. The lowest BCUT2D eigenvalue weighted by Crippen LogP contribution is -2.08. The van der Waals surface area contributed by atoms with Gasteiger partial charge in [0.15, 0.2) is 0 Å². The zero-order chi connectivity index (χ0) is 15.4. The lowest BCUT2D eigenvalue weighted by Gasteiger charge is -2.12. The first kappa shape index (κ1) is 14.8. The van der Waals surface area contributed by atoms with Crippen LogP contribution in [-0.4, -0.2) is 13.1 Å². The smallest absolute Gasteiger partial charge is 0.338 e. The number of rotatable bonds is 1. The normalized spacial score (nSPS) is 14.6. The van der Waals surface area contributed by atoms with Gasteiger partial charge in [0, 0.05) is 0 Å². The predicted octanol–water partition coefficient (Wildman–Crippen LogP) is 4.14. The molecule has 0 spiro atoms. The Morgan fingerprint density at radius 2 is 1.36 bits per heavy atom. The summed E-state index contributed by atoms with van der Waals surface area (Å²) in [5.41, 5.74) is 5.83. The maximum Gasteiger partial charge on any atom is 0.338 e. The van der Waals surface area contributed by atoms with E-state index in [1.165, 1.54) is 23.8 Å². The topological polar surface area (TPSA) is 26.3 Å². The number of ether oxygens (including phenoxy) is 1. The molecule has 114 valence electrons. The highest BCUT2D eigenvalue weighted by Gasteiger charge is 2.13. The Bertz CT molecular complexity index is 656. The van der Waals surface area contributed by atoms with Crippen LogP contribution in [-0.2, 0) is 30.4 Å². The van der Waals surface area contributed by atoms with Crippen LogP contribution in [0, 0.1) is 0 Å². The van der Waals surface area contributed by atoms with E-state index in [9.17, 15) is 4.79 Å². The standard InChI is InChI=1S/C20H22O2/c1-22-20(21)19-14-17-6-2-4-15-8-10-16(11-9-15)5-3-7-18(19)13-12-17/h8-14H,2-7H2,1H3. The van der Waals surface area contributed by atoms with Gasteiger partial charge in [0.2, 0.25) is 0 Å². The lowest BCUT2D eigenvalue weighted by molar-refractivity contribution is 0.0599. The lowest BCUT2D eigenvalue weighted by atomic mass is 9.94. The summed E-state index contributed by atoms with van der Waals surface area (Å²) in [4.78, 5) is 12.0. The largest absolute Gasteiger partial charge is 0.465 e. The molecule has 4 aliphatic carbocycles. The maximum atomic E-state index is 12.0. The van der Waals surface area contributed by atoms with Gasteiger partial charge >= 0.3 is 5.97 Å². The van der Waals surface area contributed by atoms with E-state index in [-0.39, 0.29) is 5.97 Å². The number of carbonyl (C=O) groups is 1. The van der Waals surface area contributed by atoms with Crippen LogP contribution in [0.25, 0.3) is 0 Å². The minimum atomic E-state index is -0.215. The predicted molar refractivity (Wildman–Crippen MR) is 88.3 cm³/mol. The highest BCUT2D eigenvalue weighted by Crippen LogP contribution is 2.19. The average Bonchev–Trinajstić information content (AvgIpc) is 2.56. The fourth-order valence-electron chi connectivity index (χ4n) is 3.15. The molecule has 2 aromatic rings. The molecule has 0 aromatic heterocycles. The Morgan fingerprint density at radius 1 is 0.818 bits per heavy atom. The molecule has 0 N–H and O–H groups in total. The van der Waals surface area contributed by atoms with Gasteiger partial charge in [-0.1, -0.05) is 36.4 Å². The quantitative estimate of drug-likeness (QED) is 0.739. The first-order valence-electron chi connectivity index (χ1n) is 8.04. The molecule has 22 heavy (non-hydrogen) atoms. The van der Waals surface area contributed by atoms with Crippen molar-refractivity contribution in [3.05, 3.63) is 70.3 Å². The maximum absolute atomic E-state index is 12.0. The van der Waals surface area contributed by atoms with Crippen molar-refractivity contribution in [2.24, 2.45) is 0 Å². The van der Waals surface area contributed by atoms with Gasteiger partial charge in [-0.15, -0.1) is 0 Å². The highest BCUT2D eigenvalue weighted by atomic mass is 16.5. The number of esters is 1. The van der Waals surface area contributed by atoms with E-state index >= 15 is 0 Å². The molecule has 0 fully saturated rings. The highest BCUT2D eigenvalue weighted by molar-refractivity contribution is 5.91. The van der Waals surface area contributed by atoms with Gasteiger partial charge < -0.3 is 4.74 Å². The number of carbonyl (C=O) groups excluding carboxylic acids is 1. The SMILES string of the molecule is COC(=O)c1cc2ccc1CCCc1ccc(cc1)CCC2.